The molecule has 9 nitrogen and oxygen atoms in total. The van der Waals surface area contributed by atoms with Gasteiger partial charge in [0.15, 0.2) is 5.69 Å². The van der Waals surface area contributed by atoms with Crippen LogP contribution in [-0.2, 0) is 35.3 Å². The molecule has 0 spiro atoms. The summed E-state index contributed by atoms with van der Waals surface area (Å²) in [6.45, 7) is 9.76. The minimum absolute atomic E-state index is 0.141. The summed E-state index contributed by atoms with van der Waals surface area (Å²) in [6.07, 6.45) is -1.53. The van der Waals surface area contributed by atoms with Gasteiger partial charge in [-0.15, -0.1) is 5.10 Å². The summed E-state index contributed by atoms with van der Waals surface area (Å²) in [7, 11) is 2.82. The molecular weight excluding hydrogens is 438 g/mol. The van der Waals surface area contributed by atoms with Crippen molar-refractivity contribution in [3.05, 3.63) is 11.4 Å². The average Bonchev–Trinajstić information content (AvgIpc) is 3.15. The number of halogens is 2. The van der Waals surface area contributed by atoms with Crippen LogP contribution in [0.3, 0.4) is 0 Å². The number of methoxy groups -OCH3 is 2. The average molecular weight is 475 g/mol. The van der Waals surface area contributed by atoms with Gasteiger partial charge in [-0.3, -0.25) is 9.59 Å². The summed E-state index contributed by atoms with van der Waals surface area (Å²) in [6, 6.07) is 0. The topological polar surface area (TPSA) is 95.8 Å². The highest BCUT2D eigenvalue weighted by molar-refractivity contribution is 5.81. The van der Waals surface area contributed by atoms with Crippen LogP contribution in [-0.4, -0.2) is 70.8 Å². The molecule has 2 rings (SSSR count). The summed E-state index contributed by atoms with van der Waals surface area (Å²) in [5, 5.41) is 7.85. The van der Waals surface area contributed by atoms with Crippen molar-refractivity contribution in [2.75, 3.05) is 27.3 Å². The van der Waals surface area contributed by atoms with Crippen LogP contribution in [0.5, 0.6) is 0 Å². The van der Waals surface area contributed by atoms with E-state index in [0.717, 1.165) is 4.90 Å². The lowest BCUT2D eigenvalue weighted by molar-refractivity contribution is -0.157. The van der Waals surface area contributed by atoms with Gasteiger partial charge in [0.05, 0.1) is 25.0 Å². The van der Waals surface area contributed by atoms with Crippen LogP contribution in [0.2, 0.25) is 0 Å². The van der Waals surface area contributed by atoms with Gasteiger partial charge in [0, 0.05) is 20.6 Å². The number of fused-ring (bicyclic) bond motifs is 1. The van der Waals surface area contributed by atoms with E-state index < -0.39 is 53.4 Å². The first-order chi connectivity index (χ1) is 15.2. The fourth-order valence-corrected chi connectivity index (χ4v) is 3.68. The van der Waals surface area contributed by atoms with Crippen LogP contribution in [0.1, 0.15) is 78.3 Å². The highest BCUT2D eigenvalue weighted by atomic mass is 19.3. The van der Waals surface area contributed by atoms with Gasteiger partial charge in [0.25, 0.3) is 0 Å². The molecule has 0 saturated heterocycles. The van der Waals surface area contributed by atoms with Gasteiger partial charge >= 0.3 is 11.9 Å². The van der Waals surface area contributed by atoms with E-state index in [-0.39, 0.29) is 25.1 Å². The second-order valence-electron chi connectivity index (χ2n) is 9.90. The molecule has 1 aromatic rings. The molecule has 0 saturated carbocycles. The molecule has 2 atom stereocenters. The molecule has 1 aromatic heterocycles. The zero-order valence-corrected chi connectivity index (χ0v) is 20.8. The van der Waals surface area contributed by atoms with Crippen LogP contribution in [0.25, 0.3) is 0 Å². The number of hydrogen-bond acceptors (Lipinski definition) is 7. The maximum absolute atomic E-state index is 15.4. The van der Waals surface area contributed by atoms with E-state index in [0.29, 0.717) is 6.42 Å². The highest BCUT2D eigenvalue weighted by Gasteiger charge is 2.49. The van der Waals surface area contributed by atoms with Crippen molar-refractivity contribution in [2.45, 2.75) is 90.1 Å². The fourth-order valence-electron chi connectivity index (χ4n) is 3.68. The summed E-state index contributed by atoms with van der Waals surface area (Å²) < 4.78 is 48.7. The molecule has 0 radical (unpaired) electrons. The molecule has 0 fully saturated rings. The molecular formula is C22H36F2N4O5. The van der Waals surface area contributed by atoms with Gasteiger partial charge in [-0.1, -0.05) is 12.1 Å². The van der Waals surface area contributed by atoms with Gasteiger partial charge in [-0.05, 0) is 41.0 Å². The Balaban J connectivity index is 2.38. The Bertz CT molecular complexity index is 850. The number of carbonyl (C=O) groups is 2. The molecule has 1 aliphatic heterocycles. The van der Waals surface area contributed by atoms with E-state index in [1.54, 1.807) is 20.8 Å². The normalized spacial score (nSPS) is 21.2. The standard InChI is InChI=1S/C22H36F2N4O5/c1-9-21(5,6)28-17-18(32-8)14(31-7)12-27(13-22(23,24)19(17)25-26-28)15(29)10-11-16(30)33-20(2,3)4/h14,18H,9-13H2,1-8H3/t14-,18+/m0/s1. The zero-order valence-electron chi connectivity index (χ0n) is 20.8. The monoisotopic (exact) mass is 474 g/mol. The lowest BCUT2D eigenvalue weighted by Gasteiger charge is -2.37. The number of alkyl halides is 2. The zero-order chi connectivity index (χ0) is 25.2. The van der Waals surface area contributed by atoms with Crippen LogP contribution < -0.4 is 0 Å². The Morgan fingerprint density at radius 3 is 2.27 bits per heavy atom. The first kappa shape index (κ1) is 27.1. The number of aromatic nitrogens is 3. The van der Waals surface area contributed by atoms with Crippen molar-refractivity contribution in [3.8, 4) is 0 Å². The van der Waals surface area contributed by atoms with Crippen molar-refractivity contribution in [3.63, 3.8) is 0 Å². The molecule has 0 unspecified atom stereocenters. The van der Waals surface area contributed by atoms with E-state index in [1.165, 1.54) is 18.9 Å². The Morgan fingerprint density at radius 1 is 1.12 bits per heavy atom. The number of nitrogens with zero attached hydrogens (tertiary/aromatic N) is 4. The molecule has 0 aromatic carbocycles. The number of hydrogen-bond donors (Lipinski definition) is 0. The lowest BCUT2D eigenvalue weighted by Crippen LogP contribution is -2.49. The van der Waals surface area contributed by atoms with Crippen molar-refractivity contribution in [2.24, 2.45) is 0 Å². The van der Waals surface area contributed by atoms with E-state index in [1.807, 2.05) is 20.8 Å². The Labute approximate surface area is 193 Å². The van der Waals surface area contributed by atoms with Crippen LogP contribution in [0.4, 0.5) is 8.78 Å². The molecule has 0 aliphatic carbocycles. The second kappa shape index (κ2) is 10.0. The molecule has 188 valence electrons. The van der Waals surface area contributed by atoms with E-state index >= 15 is 8.78 Å². The molecule has 1 amide bonds. The summed E-state index contributed by atoms with van der Waals surface area (Å²) in [5.41, 5.74) is -1.69. The first-order valence-electron chi connectivity index (χ1n) is 11.1. The molecule has 1 aliphatic rings. The second-order valence-corrected chi connectivity index (χ2v) is 9.90. The summed E-state index contributed by atoms with van der Waals surface area (Å²) in [4.78, 5) is 25.8. The van der Waals surface area contributed by atoms with Gasteiger partial charge in [-0.25, -0.2) is 4.68 Å². The molecule has 0 N–H and O–H groups in total. The number of rotatable bonds is 7. The predicted molar refractivity (Wildman–Crippen MR) is 116 cm³/mol. The molecule has 0 bridgehead atoms. The third-order valence-electron chi connectivity index (χ3n) is 5.76. The van der Waals surface area contributed by atoms with Gasteiger partial charge in [-0.2, -0.15) is 8.78 Å². The van der Waals surface area contributed by atoms with Gasteiger partial charge in [0.1, 0.15) is 23.5 Å². The SMILES string of the molecule is CCC(C)(C)n1nnc2c1[C@H](OC)[C@@H](OC)CN(C(=O)CCC(=O)OC(C)(C)C)CC2(F)F. The van der Waals surface area contributed by atoms with Crippen molar-refractivity contribution >= 4 is 11.9 Å². The van der Waals surface area contributed by atoms with E-state index in [2.05, 4.69) is 10.3 Å². The van der Waals surface area contributed by atoms with Gasteiger partial charge < -0.3 is 19.1 Å². The van der Waals surface area contributed by atoms with Crippen molar-refractivity contribution in [1.82, 2.24) is 19.9 Å². The third kappa shape index (κ3) is 6.26. The number of esters is 1. The predicted octanol–water partition coefficient (Wildman–Crippen LogP) is 3.18. The van der Waals surface area contributed by atoms with E-state index in [4.69, 9.17) is 14.2 Å². The lowest BCUT2D eigenvalue weighted by atomic mass is 9.96. The Hall–Kier alpha value is -2.14. The minimum atomic E-state index is -3.48. The molecule has 33 heavy (non-hydrogen) atoms. The van der Waals surface area contributed by atoms with E-state index in [9.17, 15) is 9.59 Å². The van der Waals surface area contributed by atoms with Crippen LogP contribution >= 0.6 is 0 Å². The number of amides is 1. The minimum Gasteiger partial charge on any atom is -0.460 e. The number of ether oxygens (including phenoxy) is 3. The van der Waals surface area contributed by atoms with Gasteiger partial charge in [0.2, 0.25) is 5.91 Å². The Kier molecular flexibility index (Phi) is 8.22. The summed E-state index contributed by atoms with van der Waals surface area (Å²) in [5.74, 6) is -4.66. The summed E-state index contributed by atoms with van der Waals surface area (Å²) >= 11 is 0. The van der Waals surface area contributed by atoms with Crippen LogP contribution in [0, 0.1) is 0 Å². The first-order valence-corrected chi connectivity index (χ1v) is 11.1. The quantitative estimate of drug-likeness (QED) is 0.560. The van der Waals surface area contributed by atoms with Crippen molar-refractivity contribution < 1.29 is 32.6 Å². The van der Waals surface area contributed by atoms with Crippen LogP contribution in [0.15, 0.2) is 0 Å². The third-order valence-corrected chi connectivity index (χ3v) is 5.76. The maximum Gasteiger partial charge on any atom is 0.310 e. The fraction of sp³-hybridized carbons (Fsp3) is 0.818. The number of carbonyl (C=O) groups excluding carboxylic acids is 2. The van der Waals surface area contributed by atoms with Crippen molar-refractivity contribution in [1.29, 1.82) is 0 Å². The maximum atomic E-state index is 15.4. The highest BCUT2D eigenvalue weighted by Crippen LogP contribution is 2.40. The molecule has 11 heteroatoms. The largest absolute Gasteiger partial charge is 0.460 e. The Morgan fingerprint density at radius 2 is 1.76 bits per heavy atom. The smallest absolute Gasteiger partial charge is 0.310 e. The molecule has 2 heterocycles.